The maximum atomic E-state index is 11.3. The molecule has 0 heterocycles. The first kappa shape index (κ1) is 15.0. The van der Waals surface area contributed by atoms with Crippen LogP contribution in [-0.4, -0.2) is 31.6 Å². The van der Waals surface area contributed by atoms with Gasteiger partial charge in [0.2, 0.25) is 0 Å². The zero-order chi connectivity index (χ0) is 13.8. The lowest BCUT2D eigenvalue weighted by molar-refractivity contribution is 0.192. The first-order valence-corrected chi connectivity index (χ1v) is 7.79. The molecule has 0 bridgehead atoms. The lowest BCUT2D eigenvalue weighted by atomic mass is 10.1. The number of hydrogen-bond donors (Lipinski definition) is 1. The number of sulfone groups is 1. The average molecular weight is 272 g/mol. The Kier molecular flexibility index (Phi) is 5.16. The van der Waals surface area contributed by atoms with Gasteiger partial charge in [-0.1, -0.05) is 18.6 Å². The van der Waals surface area contributed by atoms with E-state index < -0.39 is 15.9 Å². The Hall–Kier alpha value is -1.07. The molecule has 18 heavy (non-hydrogen) atoms. The molecule has 1 atom stereocenters. The zero-order valence-corrected chi connectivity index (χ0v) is 11.8. The SMILES string of the molecule is CCS(=O)(=O)CCOc1ccc(C)cc1[C@@H](C)O. The Balaban J connectivity index is 2.73. The minimum absolute atomic E-state index is 0.00335. The Morgan fingerprint density at radius 2 is 2.06 bits per heavy atom. The standard InChI is InChI=1S/C13H20O4S/c1-4-18(15,16)8-7-17-13-6-5-10(2)9-12(13)11(3)14/h5-6,9,11,14H,4,7-8H2,1-3H3/t11-/m1/s1. The van der Waals surface area contributed by atoms with E-state index in [2.05, 4.69) is 0 Å². The number of rotatable bonds is 6. The van der Waals surface area contributed by atoms with Crippen molar-refractivity contribution < 1.29 is 18.3 Å². The molecule has 0 aromatic heterocycles. The van der Waals surface area contributed by atoms with Crippen LogP contribution in [0.2, 0.25) is 0 Å². The highest BCUT2D eigenvalue weighted by molar-refractivity contribution is 7.91. The molecule has 0 saturated heterocycles. The number of hydrogen-bond acceptors (Lipinski definition) is 4. The topological polar surface area (TPSA) is 63.6 Å². The van der Waals surface area contributed by atoms with Crippen LogP contribution in [0.15, 0.2) is 18.2 Å². The van der Waals surface area contributed by atoms with Crippen LogP contribution in [0.5, 0.6) is 5.75 Å². The Morgan fingerprint density at radius 3 is 2.61 bits per heavy atom. The molecule has 0 amide bonds. The van der Waals surface area contributed by atoms with Gasteiger partial charge in [-0.05, 0) is 26.0 Å². The van der Waals surface area contributed by atoms with Gasteiger partial charge in [-0.25, -0.2) is 8.42 Å². The summed E-state index contributed by atoms with van der Waals surface area (Å²) in [5.74, 6) is 0.659. The second kappa shape index (κ2) is 6.20. The summed E-state index contributed by atoms with van der Waals surface area (Å²) in [6.07, 6.45) is -0.636. The van der Waals surface area contributed by atoms with E-state index in [1.54, 1.807) is 19.9 Å². The van der Waals surface area contributed by atoms with Crippen molar-refractivity contribution in [3.8, 4) is 5.75 Å². The first-order valence-electron chi connectivity index (χ1n) is 5.97. The summed E-state index contributed by atoms with van der Waals surface area (Å²) in [7, 11) is -3.02. The van der Waals surface area contributed by atoms with Gasteiger partial charge >= 0.3 is 0 Å². The molecule has 0 saturated carbocycles. The maximum Gasteiger partial charge on any atom is 0.153 e. The molecule has 0 aliphatic carbocycles. The van der Waals surface area contributed by atoms with Crippen molar-refractivity contribution in [1.82, 2.24) is 0 Å². The van der Waals surface area contributed by atoms with E-state index in [4.69, 9.17) is 4.74 Å². The van der Waals surface area contributed by atoms with Gasteiger partial charge in [0.1, 0.15) is 12.4 Å². The van der Waals surface area contributed by atoms with Crippen molar-refractivity contribution in [3.63, 3.8) is 0 Å². The van der Waals surface area contributed by atoms with Gasteiger partial charge in [-0.15, -0.1) is 0 Å². The quantitative estimate of drug-likeness (QED) is 0.858. The van der Waals surface area contributed by atoms with Crippen LogP contribution in [0.3, 0.4) is 0 Å². The molecule has 0 aliphatic heterocycles. The normalized spacial score (nSPS) is 13.3. The molecule has 1 aromatic rings. The maximum absolute atomic E-state index is 11.3. The third kappa shape index (κ3) is 4.31. The van der Waals surface area contributed by atoms with Crippen LogP contribution in [-0.2, 0) is 9.84 Å². The monoisotopic (exact) mass is 272 g/mol. The third-order valence-corrected chi connectivity index (χ3v) is 4.38. The van der Waals surface area contributed by atoms with E-state index in [1.807, 2.05) is 19.1 Å². The fourth-order valence-corrected chi connectivity index (χ4v) is 2.17. The number of benzene rings is 1. The minimum Gasteiger partial charge on any atom is -0.492 e. The third-order valence-electron chi connectivity index (χ3n) is 2.71. The van der Waals surface area contributed by atoms with Crippen LogP contribution >= 0.6 is 0 Å². The van der Waals surface area contributed by atoms with E-state index in [-0.39, 0.29) is 18.1 Å². The van der Waals surface area contributed by atoms with Crippen molar-refractivity contribution >= 4 is 9.84 Å². The number of aliphatic hydroxyl groups is 1. The van der Waals surface area contributed by atoms with Gasteiger partial charge < -0.3 is 9.84 Å². The van der Waals surface area contributed by atoms with Gasteiger partial charge in [0.25, 0.3) is 0 Å². The highest BCUT2D eigenvalue weighted by atomic mass is 32.2. The van der Waals surface area contributed by atoms with Crippen molar-refractivity contribution in [3.05, 3.63) is 29.3 Å². The molecule has 0 unspecified atom stereocenters. The summed E-state index contributed by atoms with van der Waals surface area (Å²) in [5.41, 5.74) is 1.71. The lowest BCUT2D eigenvalue weighted by Crippen LogP contribution is -2.16. The summed E-state index contributed by atoms with van der Waals surface area (Å²) in [6, 6.07) is 5.47. The van der Waals surface area contributed by atoms with E-state index in [9.17, 15) is 13.5 Å². The zero-order valence-electron chi connectivity index (χ0n) is 11.0. The van der Waals surface area contributed by atoms with Crippen molar-refractivity contribution in [2.24, 2.45) is 0 Å². The largest absolute Gasteiger partial charge is 0.492 e. The predicted molar refractivity (Wildman–Crippen MR) is 71.6 cm³/mol. The molecule has 1 N–H and O–H groups in total. The molecule has 0 aliphatic rings. The fraction of sp³-hybridized carbons (Fsp3) is 0.538. The molecule has 1 rings (SSSR count). The molecular formula is C13H20O4S. The summed E-state index contributed by atoms with van der Waals surface area (Å²) < 4.78 is 28.1. The summed E-state index contributed by atoms with van der Waals surface area (Å²) in [6.45, 7) is 5.31. The van der Waals surface area contributed by atoms with Crippen molar-refractivity contribution in [2.75, 3.05) is 18.1 Å². The predicted octanol–water partition coefficient (Wildman–Crippen LogP) is 1.86. The van der Waals surface area contributed by atoms with Crippen LogP contribution in [0, 0.1) is 6.92 Å². The van der Waals surface area contributed by atoms with Crippen LogP contribution in [0.4, 0.5) is 0 Å². The highest BCUT2D eigenvalue weighted by Gasteiger charge is 2.11. The highest BCUT2D eigenvalue weighted by Crippen LogP contribution is 2.26. The van der Waals surface area contributed by atoms with Gasteiger partial charge in [-0.3, -0.25) is 0 Å². The van der Waals surface area contributed by atoms with Crippen molar-refractivity contribution in [2.45, 2.75) is 26.9 Å². The second-order valence-electron chi connectivity index (χ2n) is 4.30. The van der Waals surface area contributed by atoms with E-state index in [0.717, 1.165) is 5.56 Å². The molecule has 0 radical (unpaired) electrons. The minimum atomic E-state index is -3.02. The number of aryl methyl sites for hydroxylation is 1. The second-order valence-corrected chi connectivity index (χ2v) is 6.77. The lowest BCUT2D eigenvalue weighted by Gasteiger charge is -2.14. The molecule has 4 nitrogen and oxygen atoms in total. The van der Waals surface area contributed by atoms with E-state index in [1.165, 1.54) is 0 Å². The van der Waals surface area contributed by atoms with E-state index >= 15 is 0 Å². The Labute approximate surface area is 109 Å². The average Bonchev–Trinajstić information content (AvgIpc) is 2.30. The smallest absolute Gasteiger partial charge is 0.153 e. The Morgan fingerprint density at radius 1 is 1.39 bits per heavy atom. The van der Waals surface area contributed by atoms with Gasteiger partial charge in [0.15, 0.2) is 9.84 Å². The Bertz CT molecular complexity index is 492. The summed E-state index contributed by atoms with van der Waals surface area (Å²) in [5, 5.41) is 9.64. The molecule has 1 aromatic carbocycles. The molecular weight excluding hydrogens is 252 g/mol. The van der Waals surface area contributed by atoms with Crippen LogP contribution < -0.4 is 4.74 Å². The first-order chi connectivity index (χ1) is 8.35. The molecule has 0 spiro atoms. The fourth-order valence-electron chi connectivity index (χ4n) is 1.55. The molecule has 102 valence electrons. The van der Waals surface area contributed by atoms with Gasteiger partial charge in [0.05, 0.1) is 11.9 Å². The van der Waals surface area contributed by atoms with Crippen molar-refractivity contribution in [1.29, 1.82) is 0 Å². The number of aliphatic hydroxyl groups excluding tert-OH is 1. The summed E-state index contributed by atoms with van der Waals surface area (Å²) >= 11 is 0. The van der Waals surface area contributed by atoms with Gasteiger partial charge in [0, 0.05) is 11.3 Å². The summed E-state index contributed by atoms with van der Waals surface area (Å²) in [4.78, 5) is 0. The molecule has 0 fully saturated rings. The number of ether oxygens (including phenoxy) is 1. The molecule has 5 heteroatoms. The van der Waals surface area contributed by atoms with Crippen LogP contribution in [0.1, 0.15) is 31.1 Å². The van der Waals surface area contributed by atoms with Crippen LogP contribution in [0.25, 0.3) is 0 Å². The van der Waals surface area contributed by atoms with E-state index in [0.29, 0.717) is 11.3 Å². The van der Waals surface area contributed by atoms with Gasteiger partial charge in [-0.2, -0.15) is 0 Å².